The van der Waals surface area contributed by atoms with Crippen molar-refractivity contribution in [2.45, 2.75) is 26.2 Å². The Morgan fingerprint density at radius 2 is 1.57 bits per heavy atom. The maximum atomic E-state index is 12.9. The van der Waals surface area contributed by atoms with Crippen LogP contribution in [0.2, 0.25) is 0 Å². The summed E-state index contributed by atoms with van der Waals surface area (Å²) in [5.74, 6) is -0.485. The van der Waals surface area contributed by atoms with Crippen molar-refractivity contribution in [3.05, 3.63) is 67.8 Å². The van der Waals surface area contributed by atoms with Gasteiger partial charge < -0.3 is 10.2 Å². The number of nitrogens with zero attached hydrogens (tertiary/aromatic N) is 3. The molecule has 1 amide bonds. The van der Waals surface area contributed by atoms with Gasteiger partial charge in [0, 0.05) is 43.0 Å². The normalized spacial score (nSPS) is 13.8. The van der Waals surface area contributed by atoms with Crippen LogP contribution in [0.1, 0.15) is 35.2 Å². The summed E-state index contributed by atoms with van der Waals surface area (Å²) in [5.41, 5.74) is 1.60. The largest absolute Gasteiger partial charge is 0.371 e. The van der Waals surface area contributed by atoms with E-state index in [0.717, 1.165) is 32.4 Å². The third-order valence-electron chi connectivity index (χ3n) is 4.80. The fourth-order valence-corrected chi connectivity index (χ4v) is 3.32. The molecule has 2 aromatic carbocycles. The number of nitro benzene ring substituents is 2. The lowest BCUT2D eigenvalue weighted by atomic mass is 10.1. The topological polar surface area (TPSA) is 119 Å². The van der Waals surface area contributed by atoms with Gasteiger partial charge in [-0.25, -0.2) is 0 Å². The van der Waals surface area contributed by atoms with E-state index < -0.39 is 15.8 Å². The van der Waals surface area contributed by atoms with Crippen molar-refractivity contribution in [3.63, 3.8) is 0 Å². The lowest BCUT2D eigenvalue weighted by molar-refractivity contribution is -0.385. The predicted octanol–water partition coefficient (Wildman–Crippen LogP) is 4.05. The second-order valence-corrected chi connectivity index (χ2v) is 6.72. The van der Waals surface area contributed by atoms with Crippen molar-refractivity contribution in [3.8, 4) is 0 Å². The van der Waals surface area contributed by atoms with Gasteiger partial charge >= 0.3 is 0 Å². The highest BCUT2D eigenvalue weighted by Crippen LogP contribution is 2.29. The van der Waals surface area contributed by atoms with Crippen LogP contribution in [0, 0.1) is 27.2 Å². The minimum atomic E-state index is -0.534. The van der Waals surface area contributed by atoms with Gasteiger partial charge in [-0.05, 0) is 43.9 Å². The first-order chi connectivity index (χ1) is 13.4. The molecule has 0 saturated carbocycles. The Balaban J connectivity index is 1.94. The van der Waals surface area contributed by atoms with Gasteiger partial charge in [0.2, 0.25) is 0 Å². The van der Waals surface area contributed by atoms with Gasteiger partial charge in [0.15, 0.2) is 0 Å². The summed E-state index contributed by atoms with van der Waals surface area (Å²) in [6.45, 7) is 3.23. The Bertz CT molecular complexity index is 938. The summed E-state index contributed by atoms with van der Waals surface area (Å²) in [5, 5.41) is 24.8. The van der Waals surface area contributed by atoms with E-state index in [1.165, 1.54) is 30.3 Å². The van der Waals surface area contributed by atoms with Crippen molar-refractivity contribution in [2.75, 3.05) is 23.3 Å². The van der Waals surface area contributed by atoms with E-state index in [0.29, 0.717) is 16.9 Å². The molecule has 0 atom stereocenters. The van der Waals surface area contributed by atoms with Gasteiger partial charge in [0.25, 0.3) is 17.3 Å². The summed E-state index contributed by atoms with van der Waals surface area (Å²) in [7, 11) is 0. The smallest absolute Gasteiger partial charge is 0.270 e. The summed E-state index contributed by atoms with van der Waals surface area (Å²) >= 11 is 0. The highest BCUT2D eigenvalue weighted by atomic mass is 16.6. The molecule has 28 heavy (non-hydrogen) atoms. The molecule has 0 aliphatic carbocycles. The number of benzene rings is 2. The lowest BCUT2D eigenvalue weighted by Gasteiger charge is -2.30. The van der Waals surface area contributed by atoms with Crippen LogP contribution in [-0.4, -0.2) is 28.8 Å². The fourth-order valence-electron chi connectivity index (χ4n) is 3.32. The van der Waals surface area contributed by atoms with Crippen LogP contribution in [-0.2, 0) is 0 Å². The maximum Gasteiger partial charge on any atom is 0.270 e. The van der Waals surface area contributed by atoms with Crippen molar-refractivity contribution >= 4 is 28.7 Å². The zero-order chi connectivity index (χ0) is 20.3. The Labute approximate surface area is 161 Å². The molecule has 3 rings (SSSR count). The molecule has 9 nitrogen and oxygen atoms in total. The Morgan fingerprint density at radius 3 is 2.18 bits per heavy atom. The quantitative estimate of drug-likeness (QED) is 0.613. The number of aryl methyl sites for hydroxylation is 1. The number of carbonyl (C=O) groups excluding carboxylic acids is 1. The van der Waals surface area contributed by atoms with E-state index in [1.807, 2.05) is 0 Å². The molecule has 1 fully saturated rings. The molecule has 0 bridgehead atoms. The number of nitrogens with one attached hydrogen (secondary N) is 1. The third kappa shape index (κ3) is 4.08. The van der Waals surface area contributed by atoms with E-state index in [2.05, 4.69) is 10.2 Å². The van der Waals surface area contributed by atoms with E-state index >= 15 is 0 Å². The average Bonchev–Trinajstić information content (AvgIpc) is 2.69. The number of carbonyl (C=O) groups is 1. The molecule has 2 aromatic rings. The summed E-state index contributed by atoms with van der Waals surface area (Å²) in [4.78, 5) is 36.0. The molecule has 0 radical (unpaired) electrons. The number of non-ortho nitro benzene ring substituents is 2. The van der Waals surface area contributed by atoms with Crippen molar-refractivity contribution in [1.29, 1.82) is 0 Å². The van der Waals surface area contributed by atoms with Gasteiger partial charge in [-0.2, -0.15) is 0 Å². The Kier molecular flexibility index (Phi) is 5.53. The number of piperidine rings is 1. The molecular weight excluding hydrogens is 364 g/mol. The highest BCUT2D eigenvalue weighted by Gasteiger charge is 2.22. The molecule has 1 aliphatic rings. The number of anilines is 2. The number of rotatable bonds is 5. The van der Waals surface area contributed by atoms with Crippen molar-refractivity contribution in [1.82, 2.24) is 0 Å². The standard InChI is InChI=1S/C19H20N4O5/c1-13-11-14(22(25)26)5-7-17(13)20-19(24)16-12-15(23(27)28)6-8-18(16)21-9-3-2-4-10-21/h5-8,11-12H,2-4,9-10H2,1H3,(H,20,24). The second-order valence-electron chi connectivity index (χ2n) is 6.72. The molecule has 0 aromatic heterocycles. The zero-order valence-corrected chi connectivity index (χ0v) is 15.4. The van der Waals surface area contributed by atoms with Gasteiger partial charge in [-0.1, -0.05) is 0 Å². The molecule has 1 N–H and O–H groups in total. The van der Waals surface area contributed by atoms with E-state index in [4.69, 9.17) is 0 Å². The summed E-state index contributed by atoms with van der Waals surface area (Å²) < 4.78 is 0. The van der Waals surface area contributed by atoms with Gasteiger partial charge in [-0.3, -0.25) is 25.0 Å². The number of hydrogen-bond acceptors (Lipinski definition) is 6. The predicted molar refractivity (Wildman–Crippen MR) is 105 cm³/mol. The van der Waals surface area contributed by atoms with Crippen LogP contribution in [0.4, 0.5) is 22.7 Å². The van der Waals surface area contributed by atoms with Gasteiger partial charge in [0.1, 0.15) is 0 Å². The summed E-state index contributed by atoms with van der Waals surface area (Å²) in [6, 6.07) is 8.43. The van der Waals surface area contributed by atoms with Crippen LogP contribution in [0.25, 0.3) is 0 Å². The van der Waals surface area contributed by atoms with Gasteiger partial charge in [0.05, 0.1) is 21.1 Å². The zero-order valence-electron chi connectivity index (χ0n) is 15.4. The van der Waals surface area contributed by atoms with Crippen LogP contribution in [0.15, 0.2) is 36.4 Å². The minimum absolute atomic E-state index is 0.0696. The number of amides is 1. The molecule has 1 aliphatic heterocycles. The molecule has 1 heterocycles. The first kappa shape index (κ1) is 19.3. The molecule has 0 unspecified atom stereocenters. The second kappa shape index (κ2) is 8.03. The SMILES string of the molecule is Cc1cc([N+](=O)[O-])ccc1NC(=O)c1cc([N+](=O)[O-])ccc1N1CCCCC1. The Morgan fingerprint density at radius 1 is 0.964 bits per heavy atom. The maximum absolute atomic E-state index is 12.9. The first-order valence-corrected chi connectivity index (χ1v) is 8.96. The average molecular weight is 384 g/mol. The lowest BCUT2D eigenvalue weighted by Crippen LogP contribution is -2.31. The van der Waals surface area contributed by atoms with Crippen molar-refractivity contribution < 1.29 is 14.6 Å². The number of hydrogen-bond donors (Lipinski definition) is 1. The Hall–Kier alpha value is -3.49. The molecule has 146 valence electrons. The van der Waals surface area contributed by atoms with E-state index in [1.54, 1.807) is 13.0 Å². The third-order valence-corrected chi connectivity index (χ3v) is 4.80. The van der Waals surface area contributed by atoms with Crippen molar-refractivity contribution in [2.24, 2.45) is 0 Å². The molecule has 1 saturated heterocycles. The monoisotopic (exact) mass is 384 g/mol. The molecule has 9 heteroatoms. The highest BCUT2D eigenvalue weighted by molar-refractivity contribution is 6.09. The minimum Gasteiger partial charge on any atom is -0.371 e. The fraction of sp³-hybridized carbons (Fsp3) is 0.316. The van der Waals surface area contributed by atoms with E-state index in [9.17, 15) is 25.0 Å². The number of nitro groups is 2. The molecule has 0 spiro atoms. The van der Waals surface area contributed by atoms with Crippen LogP contribution in [0.3, 0.4) is 0 Å². The van der Waals surface area contributed by atoms with Crippen LogP contribution >= 0.6 is 0 Å². The van der Waals surface area contributed by atoms with Gasteiger partial charge in [-0.15, -0.1) is 0 Å². The summed E-state index contributed by atoms with van der Waals surface area (Å²) in [6.07, 6.45) is 3.12. The first-order valence-electron chi connectivity index (χ1n) is 8.96. The van der Waals surface area contributed by atoms with Crippen LogP contribution in [0.5, 0.6) is 0 Å². The van der Waals surface area contributed by atoms with Crippen LogP contribution < -0.4 is 10.2 Å². The molecular formula is C19H20N4O5. The van der Waals surface area contributed by atoms with E-state index in [-0.39, 0.29) is 16.9 Å².